The summed E-state index contributed by atoms with van der Waals surface area (Å²) in [7, 11) is 0. The Morgan fingerprint density at radius 3 is 2.57 bits per heavy atom. The Hall–Kier alpha value is -0.700. The molecule has 0 atom stereocenters. The highest BCUT2D eigenvalue weighted by molar-refractivity contribution is 9.09. The van der Waals surface area contributed by atoms with E-state index in [1.807, 2.05) is 13.0 Å². The molecule has 0 N–H and O–H groups in total. The Morgan fingerprint density at radius 2 is 2.07 bits per heavy atom. The number of halogens is 3. The molecule has 0 aromatic heterocycles. The summed E-state index contributed by atoms with van der Waals surface area (Å²) in [4.78, 5) is 0. The lowest BCUT2D eigenvalue weighted by Crippen LogP contribution is -1.86. The van der Waals surface area contributed by atoms with E-state index in [2.05, 4.69) is 15.9 Å². The molecule has 0 heterocycles. The van der Waals surface area contributed by atoms with E-state index in [4.69, 9.17) is 0 Å². The number of hydrogen-bond donors (Lipinski definition) is 0. The minimum Gasteiger partial charge on any atom is -0.204 e. The fourth-order valence-corrected chi connectivity index (χ4v) is 1.63. The van der Waals surface area contributed by atoms with Crippen LogP contribution in [-0.4, -0.2) is 5.33 Å². The second-order valence-electron chi connectivity index (χ2n) is 2.96. The van der Waals surface area contributed by atoms with Crippen LogP contribution < -0.4 is 0 Å². The SMILES string of the molecule is CCC(=Cc1ccc(F)c(F)c1)CBr. The molecule has 0 unspecified atom stereocenters. The van der Waals surface area contributed by atoms with Gasteiger partial charge in [0.2, 0.25) is 0 Å². The molecule has 0 amide bonds. The molecule has 14 heavy (non-hydrogen) atoms. The van der Waals surface area contributed by atoms with Gasteiger partial charge in [-0.1, -0.05) is 40.6 Å². The predicted octanol–water partition coefficient (Wildman–Crippen LogP) is 4.15. The van der Waals surface area contributed by atoms with Gasteiger partial charge in [-0.2, -0.15) is 0 Å². The lowest BCUT2D eigenvalue weighted by Gasteiger charge is -2.00. The summed E-state index contributed by atoms with van der Waals surface area (Å²) in [5, 5.41) is 0.752. The monoisotopic (exact) mass is 260 g/mol. The van der Waals surface area contributed by atoms with Crippen molar-refractivity contribution in [2.24, 2.45) is 0 Å². The summed E-state index contributed by atoms with van der Waals surface area (Å²) >= 11 is 3.33. The van der Waals surface area contributed by atoms with E-state index in [0.29, 0.717) is 5.56 Å². The van der Waals surface area contributed by atoms with Crippen molar-refractivity contribution in [3.8, 4) is 0 Å². The van der Waals surface area contributed by atoms with Crippen LogP contribution in [0, 0.1) is 11.6 Å². The molecule has 0 saturated carbocycles. The van der Waals surface area contributed by atoms with Crippen molar-refractivity contribution in [2.45, 2.75) is 13.3 Å². The van der Waals surface area contributed by atoms with Crippen molar-refractivity contribution in [3.63, 3.8) is 0 Å². The zero-order valence-corrected chi connectivity index (χ0v) is 9.44. The minimum atomic E-state index is -0.806. The van der Waals surface area contributed by atoms with Crippen molar-refractivity contribution in [3.05, 3.63) is 41.0 Å². The average molecular weight is 261 g/mol. The third-order valence-corrected chi connectivity index (χ3v) is 2.66. The standard InChI is InChI=1S/C11H11BrF2/c1-2-8(7-12)5-9-3-4-10(13)11(14)6-9/h3-6H,2,7H2,1H3. The predicted molar refractivity (Wildman–Crippen MR) is 58.4 cm³/mol. The van der Waals surface area contributed by atoms with Gasteiger partial charge in [0, 0.05) is 5.33 Å². The Balaban J connectivity index is 2.97. The van der Waals surface area contributed by atoms with Gasteiger partial charge >= 0.3 is 0 Å². The maximum absolute atomic E-state index is 12.8. The summed E-state index contributed by atoms with van der Waals surface area (Å²) in [6.45, 7) is 2.02. The van der Waals surface area contributed by atoms with Crippen LogP contribution in [0.2, 0.25) is 0 Å². The highest BCUT2D eigenvalue weighted by Gasteiger charge is 2.01. The molecule has 1 aromatic carbocycles. The van der Waals surface area contributed by atoms with Gasteiger partial charge in [-0.15, -0.1) is 0 Å². The summed E-state index contributed by atoms with van der Waals surface area (Å²) in [6.07, 6.45) is 2.75. The number of hydrogen-bond acceptors (Lipinski definition) is 0. The molecule has 0 spiro atoms. The molecule has 0 nitrogen and oxygen atoms in total. The van der Waals surface area contributed by atoms with Crippen molar-refractivity contribution in [1.82, 2.24) is 0 Å². The van der Waals surface area contributed by atoms with E-state index in [1.54, 1.807) is 6.07 Å². The van der Waals surface area contributed by atoms with Crippen LogP contribution in [0.25, 0.3) is 6.08 Å². The first-order chi connectivity index (χ1) is 6.67. The summed E-state index contributed by atoms with van der Waals surface area (Å²) in [5.41, 5.74) is 1.84. The topological polar surface area (TPSA) is 0 Å². The second kappa shape index (κ2) is 5.25. The number of rotatable bonds is 3. The second-order valence-corrected chi connectivity index (χ2v) is 3.52. The molecule has 0 saturated heterocycles. The zero-order valence-electron chi connectivity index (χ0n) is 7.86. The molecule has 1 rings (SSSR count). The summed E-state index contributed by atoms with van der Waals surface area (Å²) in [5.74, 6) is -1.61. The van der Waals surface area contributed by atoms with Gasteiger partial charge in [-0.3, -0.25) is 0 Å². The molecule has 76 valence electrons. The third-order valence-electron chi connectivity index (χ3n) is 1.94. The Morgan fingerprint density at radius 1 is 1.36 bits per heavy atom. The van der Waals surface area contributed by atoms with Gasteiger partial charge in [-0.05, 0) is 24.1 Å². The van der Waals surface area contributed by atoms with Gasteiger partial charge < -0.3 is 0 Å². The lowest BCUT2D eigenvalue weighted by molar-refractivity contribution is 0.508. The molecule has 1 aromatic rings. The first-order valence-corrected chi connectivity index (χ1v) is 5.50. The number of alkyl halides is 1. The van der Waals surface area contributed by atoms with Crippen molar-refractivity contribution >= 4 is 22.0 Å². The van der Waals surface area contributed by atoms with Crippen LogP contribution in [0.5, 0.6) is 0 Å². The molecular formula is C11H11BrF2. The van der Waals surface area contributed by atoms with Crippen LogP contribution in [0.4, 0.5) is 8.78 Å². The van der Waals surface area contributed by atoms with Gasteiger partial charge in [0.15, 0.2) is 11.6 Å². The molecule has 0 aliphatic rings. The molecule has 0 aliphatic carbocycles. The van der Waals surface area contributed by atoms with Gasteiger partial charge in [0.05, 0.1) is 0 Å². The van der Waals surface area contributed by atoms with Gasteiger partial charge in [0.1, 0.15) is 0 Å². The number of benzene rings is 1. The molecule has 3 heteroatoms. The van der Waals surface area contributed by atoms with Crippen LogP contribution >= 0.6 is 15.9 Å². The Bertz CT molecular complexity index is 339. The Kier molecular flexibility index (Phi) is 4.26. The molecule has 0 bridgehead atoms. The van der Waals surface area contributed by atoms with Gasteiger partial charge in [0.25, 0.3) is 0 Å². The maximum Gasteiger partial charge on any atom is 0.159 e. The van der Waals surface area contributed by atoms with Crippen molar-refractivity contribution < 1.29 is 8.78 Å². The fourth-order valence-electron chi connectivity index (χ4n) is 1.07. The average Bonchev–Trinajstić information content (AvgIpc) is 2.19. The fraction of sp³-hybridized carbons (Fsp3) is 0.273. The molecular weight excluding hydrogens is 250 g/mol. The van der Waals surface area contributed by atoms with E-state index in [0.717, 1.165) is 23.4 Å². The van der Waals surface area contributed by atoms with Gasteiger partial charge in [-0.25, -0.2) is 8.78 Å². The maximum atomic E-state index is 12.8. The minimum absolute atomic E-state index is 0.695. The number of allylic oxidation sites excluding steroid dienone is 1. The van der Waals surface area contributed by atoms with Crippen molar-refractivity contribution in [1.29, 1.82) is 0 Å². The van der Waals surface area contributed by atoms with Crippen LogP contribution in [0.15, 0.2) is 23.8 Å². The molecule has 0 radical (unpaired) electrons. The largest absolute Gasteiger partial charge is 0.204 e. The van der Waals surface area contributed by atoms with E-state index in [1.165, 1.54) is 6.07 Å². The summed E-state index contributed by atoms with van der Waals surface area (Å²) < 4.78 is 25.4. The van der Waals surface area contributed by atoms with E-state index in [9.17, 15) is 8.78 Å². The van der Waals surface area contributed by atoms with Crippen LogP contribution in [0.1, 0.15) is 18.9 Å². The zero-order chi connectivity index (χ0) is 10.6. The Labute approximate surface area is 90.8 Å². The highest BCUT2D eigenvalue weighted by Crippen LogP contribution is 2.14. The normalized spacial score (nSPS) is 11.9. The quantitative estimate of drug-likeness (QED) is 0.717. The first kappa shape index (κ1) is 11.4. The van der Waals surface area contributed by atoms with Crippen LogP contribution in [-0.2, 0) is 0 Å². The van der Waals surface area contributed by atoms with Crippen LogP contribution in [0.3, 0.4) is 0 Å². The molecule has 0 aliphatic heterocycles. The van der Waals surface area contributed by atoms with E-state index >= 15 is 0 Å². The smallest absolute Gasteiger partial charge is 0.159 e. The summed E-state index contributed by atoms with van der Waals surface area (Å²) in [6, 6.07) is 3.91. The van der Waals surface area contributed by atoms with E-state index in [-0.39, 0.29) is 0 Å². The first-order valence-electron chi connectivity index (χ1n) is 4.37. The third kappa shape index (κ3) is 2.91. The highest BCUT2D eigenvalue weighted by atomic mass is 79.9. The lowest BCUT2D eigenvalue weighted by atomic mass is 10.1. The van der Waals surface area contributed by atoms with Crippen molar-refractivity contribution in [2.75, 3.05) is 5.33 Å². The molecule has 0 fully saturated rings. The van der Waals surface area contributed by atoms with E-state index < -0.39 is 11.6 Å².